The van der Waals surface area contributed by atoms with E-state index in [4.69, 9.17) is 10.5 Å². The Balaban J connectivity index is 2.37. The quantitative estimate of drug-likeness (QED) is 0.740. The van der Waals surface area contributed by atoms with Crippen LogP contribution in [0.1, 0.15) is 46.5 Å². The van der Waals surface area contributed by atoms with E-state index in [1.54, 1.807) is 0 Å². The molecule has 1 fully saturated rings. The molecule has 0 spiro atoms. The monoisotopic (exact) mass is 242 g/mol. The molecule has 1 amide bonds. The molecule has 0 aromatic carbocycles. The van der Waals surface area contributed by atoms with Gasteiger partial charge in [-0.15, -0.1) is 0 Å². The van der Waals surface area contributed by atoms with E-state index in [0.29, 0.717) is 12.5 Å². The average molecular weight is 242 g/mol. The molecule has 1 aliphatic rings. The maximum Gasteiger partial charge on any atom is 0.249 e. The lowest BCUT2D eigenvalue weighted by Gasteiger charge is -2.23. The lowest BCUT2D eigenvalue weighted by molar-refractivity contribution is -0.137. The smallest absolute Gasteiger partial charge is 0.249 e. The largest absolute Gasteiger partial charge is 0.365 e. The molecule has 0 aromatic heterocycles. The van der Waals surface area contributed by atoms with Crippen molar-refractivity contribution in [1.82, 2.24) is 5.32 Å². The van der Waals surface area contributed by atoms with E-state index in [1.165, 1.54) is 0 Å². The molecule has 0 aromatic rings. The van der Waals surface area contributed by atoms with Crippen molar-refractivity contribution in [3.8, 4) is 0 Å². The average Bonchev–Trinajstić information content (AvgIpc) is 2.75. The molecule has 17 heavy (non-hydrogen) atoms. The molecule has 3 N–H and O–H groups in total. The fourth-order valence-corrected chi connectivity index (χ4v) is 2.24. The van der Waals surface area contributed by atoms with Crippen molar-refractivity contribution < 1.29 is 9.53 Å². The lowest BCUT2D eigenvalue weighted by atomic mass is 10.1. The van der Waals surface area contributed by atoms with Crippen LogP contribution < -0.4 is 11.1 Å². The van der Waals surface area contributed by atoms with Gasteiger partial charge < -0.3 is 15.8 Å². The van der Waals surface area contributed by atoms with Crippen molar-refractivity contribution >= 4 is 5.91 Å². The van der Waals surface area contributed by atoms with Gasteiger partial charge in [0.25, 0.3) is 0 Å². The van der Waals surface area contributed by atoms with E-state index >= 15 is 0 Å². The Labute approximate surface area is 104 Å². The van der Waals surface area contributed by atoms with Gasteiger partial charge >= 0.3 is 0 Å². The summed E-state index contributed by atoms with van der Waals surface area (Å²) in [5.74, 6) is 0.413. The van der Waals surface area contributed by atoms with Gasteiger partial charge in [0, 0.05) is 6.04 Å². The number of nitrogens with one attached hydrogen (secondary N) is 1. The van der Waals surface area contributed by atoms with Crippen LogP contribution in [-0.4, -0.2) is 30.7 Å². The Bertz CT molecular complexity index is 246. The zero-order chi connectivity index (χ0) is 12.8. The van der Waals surface area contributed by atoms with Gasteiger partial charge in [0.05, 0.1) is 6.10 Å². The third kappa shape index (κ3) is 4.28. The predicted octanol–water partition coefficient (Wildman–Crippen LogP) is 1.43. The van der Waals surface area contributed by atoms with Crippen molar-refractivity contribution in [1.29, 1.82) is 0 Å². The van der Waals surface area contributed by atoms with Gasteiger partial charge in [-0.25, -0.2) is 0 Å². The second-order valence-corrected chi connectivity index (χ2v) is 5.06. The first kappa shape index (κ1) is 14.5. The van der Waals surface area contributed by atoms with Crippen LogP contribution in [0.4, 0.5) is 0 Å². The molecular weight excluding hydrogens is 216 g/mol. The van der Waals surface area contributed by atoms with Crippen molar-refractivity contribution in [2.24, 2.45) is 11.7 Å². The molecule has 4 heteroatoms. The first-order chi connectivity index (χ1) is 8.08. The van der Waals surface area contributed by atoms with E-state index in [0.717, 1.165) is 25.7 Å². The van der Waals surface area contributed by atoms with Crippen molar-refractivity contribution in [3.63, 3.8) is 0 Å². The van der Waals surface area contributed by atoms with Gasteiger partial charge in [-0.1, -0.05) is 13.3 Å². The number of hydrogen-bond acceptors (Lipinski definition) is 3. The third-order valence-corrected chi connectivity index (χ3v) is 3.64. The Kier molecular flexibility index (Phi) is 5.92. The van der Waals surface area contributed by atoms with Crippen LogP contribution in [0.15, 0.2) is 0 Å². The molecule has 4 unspecified atom stereocenters. The number of rotatable bonds is 6. The van der Waals surface area contributed by atoms with Crippen LogP contribution in [0.3, 0.4) is 0 Å². The van der Waals surface area contributed by atoms with Gasteiger partial charge in [0.1, 0.15) is 6.10 Å². The molecule has 0 radical (unpaired) electrons. The van der Waals surface area contributed by atoms with Crippen LogP contribution in [0, 0.1) is 5.92 Å². The zero-order valence-electron chi connectivity index (χ0n) is 11.2. The van der Waals surface area contributed by atoms with E-state index in [1.807, 2.05) is 13.8 Å². The van der Waals surface area contributed by atoms with E-state index in [9.17, 15) is 4.79 Å². The maximum atomic E-state index is 11.8. The molecule has 100 valence electrons. The summed E-state index contributed by atoms with van der Waals surface area (Å²) < 4.78 is 5.83. The summed E-state index contributed by atoms with van der Waals surface area (Å²) in [5, 5.41) is 2.94. The summed E-state index contributed by atoms with van der Waals surface area (Å²) in [6, 6.07) is 0.211. The Morgan fingerprint density at radius 3 is 2.76 bits per heavy atom. The number of carbonyl (C=O) groups is 1. The number of nitrogens with two attached hydrogens (primary N) is 1. The molecule has 0 saturated heterocycles. The Morgan fingerprint density at radius 2 is 2.18 bits per heavy atom. The zero-order valence-corrected chi connectivity index (χ0v) is 11.2. The van der Waals surface area contributed by atoms with Crippen molar-refractivity contribution in [2.75, 3.05) is 6.54 Å². The summed E-state index contributed by atoms with van der Waals surface area (Å²) in [5.41, 5.74) is 5.70. The summed E-state index contributed by atoms with van der Waals surface area (Å²) >= 11 is 0. The lowest BCUT2D eigenvalue weighted by Crippen LogP contribution is -2.42. The number of ether oxygens (including phenoxy) is 1. The SMILES string of the molecule is CCC(C)NC(=O)C(C)OC1CCCC1CN. The van der Waals surface area contributed by atoms with Gasteiger partial charge in [-0.2, -0.15) is 0 Å². The minimum Gasteiger partial charge on any atom is -0.365 e. The van der Waals surface area contributed by atoms with Crippen molar-refractivity contribution in [3.05, 3.63) is 0 Å². The Hall–Kier alpha value is -0.610. The second kappa shape index (κ2) is 6.97. The highest BCUT2D eigenvalue weighted by Gasteiger charge is 2.30. The second-order valence-electron chi connectivity index (χ2n) is 5.06. The third-order valence-electron chi connectivity index (χ3n) is 3.64. The summed E-state index contributed by atoms with van der Waals surface area (Å²) in [4.78, 5) is 11.8. The summed E-state index contributed by atoms with van der Waals surface area (Å²) in [6.45, 7) is 6.54. The van der Waals surface area contributed by atoms with Gasteiger partial charge in [-0.3, -0.25) is 4.79 Å². The maximum absolute atomic E-state index is 11.8. The Morgan fingerprint density at radius 1 is 1.47 bits per heavy atom. The van der Waals surface area contributed by atoms with Crippen LogP contribution in [0.5, 0.6) is 0 Å². The molecular formula is C13H26N2O2. The highest BCUT2D eigenvalue weighted by Crippen LogP contribution is 2.28. The molecule has 1 aliphatic carbocycles. The minimum atomic E-state index is -0.374. The molecule has 0 heterocycles. The van der Waals surface area contributed by atoms with Gasteiger partial charge in [-0.05, 0) is 45.6 Å². The minimum absolute atomic E-state index is 0.0120. The van der Waals surface area contributed by atoms with Gasteiger partial charge in [0.15, 0.2) is 0 Å². The molecule has 0 aliphatic heterocycles. The van der Waals surface area contributed by atoms with E-state index < -0.39 is 0 Å². The summed E-state index contributed by atoms with van der Waals surface area (Å²) in [6.07, 6.45) is 4.04. The van der Waals surface area contributed by atoms with E-state index in [-0.39, 0.29) is 24.2 Å². The van der Waals surface area contributed by atoms with Crippen molar-refractivity contribution in [2.45, 2.75) is 64.7 Å². The number of hydrogen-bond donors (Lipinski definition) is 2. The standard InChI is InChI=1S/C13H26N2O2/c1-4-9(2)15-13(16)10(3)17-12-7-5-6-11(12)8-14/h9-12H,4-8,14H2,1-3H3,(H,15,16). The highest BCUT2D eigenvalue weighted by atomic mass is 16.5. The first-order valence-electron chi connectivity index (χ1n) is 6.74. The predicted molar refractivity (Wildman–Crippen MR) is 68.6 cm³/mol. The normalized spacial score (nSPS) is 27.8. The molecule has 0 bridgehead atoms. The number of carbonyl (C=O) groups excluding carboxylic acids is 1. The molecule has 1 rings (SSSR count). The topological polar surface area (TPSA) is 64.3 Å². The molecule has 4 nitrogen and oxygen atoms in total. The summed E-state index contributed by atoms with van der Waals surface area (Å²) in [7, 11) is 0. The van der Waals surface area contributed by atoms with Crippen LogP contribution in [0.2, 0.25) is 0 Å². The number of amides is 1. The van der Waals surface area contributed by atoms with Crippen LogP contribution >= 0.6 is 0 Å². The fraction of sp³-hybridized carbons (Fsp3) is 0.923. The molecule has 4 atom stereocenters. The molecule has 1 saturated carbocycles. The van der Waals surface area contributed by atoms with Gasteiger partial charge in [0.2, 0.25) is 5.91 Å². The van der Waals surface area contributed by atoms with E-state index in [2.05, 4.69) is 12.2 Å². The van der Waals surface area contributed by atoms with Crippen LogP contribution in [0.25, 0.3) is 0 Å². The van der Waals surface area contributed by atoms with Crippen LogP contribution in [-0.2, 0) is 9.53 Å². The highest BCUT2D eigenvalue weighted by molar-refractivity contribution is 5.80. The fourth-order valence-electron chi connectivity index (χ4n) is 2.24. The first-order valence-corrected chi connectivity index (χ1v) is 6.74.